The van der Waals surface area contributed by atoms with Crippen LogP contribution in [0.2, 0.25) is 0 Å². The van der Waals surface area contributed by atoms with Gasteiger partial charge in [0.2, 0.25) is 5.82 Å². The number of hydrazone groups is 1. The van der Waals surface area contributed by atoms with Gasteiger partial charge in [-0.2, -0.15) is 9.90 Å². The zero-order valence-electron chi connectivity index (χ0n) is 12.8. The van der Waals surface area contributed by atoms with E-state index in [2.05, 4.69) is 25.9 Å². The summed E-state index contributed by atoms with van der Waals surface area (Å²) in [5, 5.41) is 15.2. The van der Waals surface area contributed by atoms with Gasteiger partial charge >= 0.3 is 0 Å². The number of hydrogen-bond acceptors (Lipinski definition) is 5. The number of rotatable bonds is 5. The molecule has 3 rings (SSSR count). The summed E-state index contributed by atoms with van der Waals surface area (Å²) in [4.78, 5) is 12.9. The van der Waals surface area contributed by atoms with Crippen LogP contribution in [0, 0.1) is 11.6 Å². The zero-order valence-corrected chi connectivity index (χ0v) is 12.8. The second-order valence-electron chi connectivity index (χ2n) is 4.94. The Morgan fingerprint density at radius 2 is 1.84 bits per heavy atom. The number of tetrazole rings is 1. The van der Waals surface area contributed by atoms with E-state index in [0.29, 0.717) is 5.82 Å². The third kappa shape index (κ3) is 4.08. The molecule has 126 valence electrons. The second kappa shape index (κ2) is 7.39. The van der Waals surface area contributed by atoms with Gasteiger partial charge in [-0.25, -0.2) is 14.2 Å². The number of halogens is 2. The number of nitrogens with one attached hydrogen (secondary N) is 1. The monoisotopic (exact) mass is 342 g/mol. The first-order valence-electron chi connectivity index (χ1n) is 7.22. The molecule has 0 unspecified atom stereocenters. The van der Waals surface area contributed by atoms with Crippen LogP contribution in [0.1, 0.15) is 5.56 Å². The number of benzene rings is 2. The summed E-state index contributed by atoms with van der Waals surface area (Å²) in [7, 11) is 0. The molecule has 3 aromatic rings. The van der Waals surface area contributed by atoms with E-state index in [1.165, 1.54) is 6.07 Å². The smallest absolute Gasteiger partial charge is 0.263 e. The fourth-order valence-electron chi connectivity index (χ4n) is 1.98. The second-order valence-corrected chi connectivity index (χ2v) is 4.94. The van der Waals surface area contributed by atoms with Crippen LogP contribution >= 0.6 is 0 Å². The minimum atomic E-state index is -0.775. The lowest BCUT2D eigenvalue weighted by Crippen LogP contribution is -2.24. The van der Waals surface area contributed by atoms with Crippen molar-refractivity contribution in [3.63, 3.8) is 0 Å². The van der Waals surface area contributed by atoms with Gasteiger partial charge in [-0.05, 0) is 17.3 Å². The van der Waals surface area contributed by atoms with Crippen LogP contribution in [0.25, 0.3) is 11.4 Å². The van der Waals surface area contributed by atoms with E-state index in [4.69, 9.17) is 0 Å². The predicted octanol–water partition coefficient (Wildman–Crippen LogP) is 1.77. The molecule has 0 bridgehead atoms. The molecule has 1 aromatic heterocycles. The highest BCUT2D eigenvalue weighted by atomic mass is 19.1. The summed E-state index contributed by atoms with van der Waals surface area (Å²) in [5.41, 5.74) is 2.58. The summed E-state index contributed by atoms with van der Waals surface area (Å²) >= 11 is 0. The Morgan fingerprint density at radius 1 is 1.12 bits per heavy atom. The van der Waals surface area contributed by atoms with E-state index in [-0.39, 0.29) is 12.1 Å². The quantitative estimate of drug-likeness (QED) is 0.566. The largest absolute Gasteiger partial charge is 0.271 e. The van der Waals surface area contributed by atoms with Crippen LogP contribution < -0.4 is 5.43 Å². The topological polar surface area (TPSA) is 85.1 Å². The Morgan fingerprint density at radius 3 is 2.56 bits per heavy atom. The minimum Gasteiger partial charge on any atom is -0.271 e. The standard InChI is InChI=1S/C16H12F2N6O/c17-13-7-4-8-14(18)12(13)9-19-20-15(25)10-24-22-16(21-23-24)11-5-2-1-3-6-11/h1-9H,10H2,(H,20,25)/b19-9-. The molecule has 0 spiro atoms. The summed E-state index contributed by atoms with van der Waals surface area (Å²) < 4.78 is 26.8. The van der Waals surface area contributed by atoms with Gasteiger partial charge in [0.25, 0.3) is 5.91 Å². The SMILES string of the molecule is O=C(Cn1nnc(-c2ccccc2)n1)N/N=C\c1c(F)cccc1F. The van der Waals surface area contributed by atoms with Crippen LogP contribution in [-0.4, -0.2) is 32.3 Å². The molecule has 0 atom stereocenters. The van der Waals surface area contributed by atoms with Crippen LogP contribution in [-0.2, 0) is 11.3 Å². The van der Waals surface area contributed by atoms with E-state index in [0.717, 1.165) is 28.7 Å². The van der Waals surface area contributed by atoms with Crippen molar-refractivity contribution in [3.05, 3.63) is 65.7 Å². The fourth-order valence-corrected chi connectivity index (χ4v) is 1.98. The molecule has 0 aliphatic heterocycles. The third-order valence-corrected chi connectivity index (χ3v) is 3.15. The van der Waals surface area contributed by atoms with Gasteiger partial charge in [0, 0.05) is 5.56 Å². The average molecular weight is 342 g/mol. The lowest BCUT2D eigenvalue weighted by molar-refractivity contribution is -0.122. The Bertz CT molecular complexity index is 890. The Labute approximate surface area is 141 Å². The summed E-state index contributed by atoms with van der Waals surface area (Å²) in [6.45, 7) is -0.239. The summed E-state index contributed by atoms with van der Waals surface area (Å²) in [6, 6.07) is 12.6. The van der Waals surface area contributed by atoms with E-state index >= 15 is 0 Å². The molecule has 25 heavy (non-hydrogen) atoms. The predicted molar refractivity (Wildman–Crippen MR) is 85.3 cm³/mol. The molecule has 0 saturated carbocycles. The number of aromatic nitrogens is 4. The Kier molecular flexibility index (Phi) is 4.84. The maximum Gasteiger partial charge on any atom is 0.263 e. The maximum absolute atomic E-state index is 13.4. The molecule has 0 aliphatic rings. The van der Waals surface area contributed by atoms with Crippen LogP contribution in [0.4, 0.5) is 8.78 Å². The summed E-state index contributed by atoms with van der Waals surface area (Å²) in [5.74, 6) is -1.73. The molecule has 2 aromatic carbocycles. The first-order chi connectivity index (χ1) is 12.1. The molecular formula is C16H12F2N6O. The molecule has 0 radical (unpaired) electrons. The molecule has 9 heteroatoms. The third-order valence-electron chi connectivity index (χ3n) is 3.15. The molecule has 0 aliphatic carbocycles. The number of carbonyl (C=O) groups is 1. The average Bonchev–Trinajstić information content (AvgIpc) is 3.07. The van der Waals surface area contributed by atoms with Crippen molar-refractivity contribution in [2.45, 2.75) is 6.54 Å². The molecule has 7 nitrogen and oxygen atoms in total. The normalized spacial score (nSPS) is 11.0. The van der Waals surface area contributed by atoms with Crippen LogP contribution in [0.3, 0.4) is 0 Å². The lowest BCUT2D eigenvalue weighted by Gasteiger charge is -2.00. The number of amides is 1. The van der Waals surface area contributed by atoms with Crippen molar-refractivity contribution >= 4 is 12.1 Å². The lowest BCUT2D eigenvalue weighted by atomic mass is 10.2. The number of hydrogen-bond donors (Lipinski definition) is 1. The Balaban J connectivity index is 1.60. The van der Waals surface area contributed by atoms with Crippen molar-refractivity contribution < 1.29 is 13.6 Å². The minimum absolute atomic E-state index is 0.239. The highest BCUT2D eigenvalue weighted by Gasteiger charge is 2.09. The van der Waals surface area contributed by atoms with Gasteiger partial charge in [0.15, 0.2) is 0 Å². The van der Waals surface area contributed by atoms with Crippen LogP contribution in [0.5, 0.6) is 0 Å². The highest BCUT2D eigenvalue weighted by Crippen LogP contribution is 2.11. The van der Waals surface area contributed by atoms with E-state index in [1.807, 2.05) is 30.3 Å². The highest BCUT2D eigenvalue weighted by molar-refractivity contribution is 5.82. The van der Waals surface area contributed by atoms with E-state index in [1.54, 1.807) is 0 Å². The van der Waals surface area contributed by atoms with Gasteiger partial charge in [0.05, 0.1) is 11.8 Å². The zero-order chi connectivity index (χ0) is 17.6. The summed E-state index contributed by atoms with van der Waals surface area (Å²) in [6.07, 6.45) is 0.896. The van der Waals surface area contributed by atoms with Gasteiger partial charge in [-0.3, -0.25) is 4.79 Å². The number of carbonyl (C=O) groups excluding carboxylic acids is 1. The van der Waals surface area contributed by atoms with Crippen molar-refractivity contribution in [2.75, 3.05) is 0 Å². The molecule has 0 saturated heterocycles. The van der Waals surface area contributed by atoms with Crippen molar-refractivity contribution in [1.29, 1.82) is 0 Å². The number of nitrogens with zero attached hydrogens (tertiary/aromatic N) is 5. The fraction of sp³-hybridized carbons (Fsp3) is 0.0625. The van der Waals surface area contributed by atoms with Gasteiger partial charge in [-0.1, -0.05) is 36.4 Å². The van der Waals surface area contributed by atoms with Crippen molar-refractivity contribution in [1.82, 2.24) is 25.6 Å². The molecule has 0 fully saturated rings. The van der Waals surface area contributed by atoms with Crippen molar-refractivity contribution in [2.24, 2.45) is 5.10 Å². The Hall–Kier alpha value is -3.49. The van der Waals surface area contributed by atoms with Crippen molar-refractivity contribution in [3.8, 4) is 11.4 Å². The molecule has 1 heterocycles. The van der Waals surface area contributed by atoms with Gasteiger partial charge in [0.1, 0.15) is 18.2 Å². The molecular weight excluding hydrogens is 330 g/mol. The first kappa shape index (κ1) is 16.4. The van der Waals surface area contributed by atoms with E-state index < -0.39 is 17.5 Å². The molecule has 1 N–H and O–H groups in total. The molecule has 1 amide bonds. The van der Waals surface area contributed by atoms with E-state index in [9.17, 15) is 13.6 Å². The maximum atomic E-state index is 13.4. The van der Waals surface area contributed by atoms with Gasteiger partial charge in [-0.15, -0.1) is 10.2 Å². The van der Waals surface area contributed by atoms with Gasteiger partial charge < -0.3 is 0 Å². The van der Waals surface area contributed by atoms with Crippen LogP contribution in [0.15, 0.2) is 53.6 Å². The first-order valence-corrected chi connectivity index (χ1v) is 7.22.